The molecule has 0 aromatic heterocycles. The number of methoxy groups -OCH3 is 1. The van der Waals surface area contributed by atoms with Crippen molar-refractivity contribution in [2.45, 2.75) is 90.3 Å². The molecular formula is C32H46N4O7. The second-order valence-electron chi connectivity index (χ2n) is 11.8. The van der Waals surface area contributed by atoms with Crippen LogP contribution in [0.25, 0.3) is 0 Å². The lowest BCUT2D eigenvalue weighted by molar-refractivity contribution is -0.159. The van der Waals surface area contributed by atoms with E-state index in [1.807, 2.05) is 50.2 Å². The van der Waals surface area contributed by atoms with Crippen molar-refractivity contribution in [3.63, 3.8) is 0 Å². The second-order valence-corrected chi connectivity index (χ2v) is 11.8. The van der Waals surface area contributed by atoms with Crippen molar-refractivity contribution in [3.8, 4) is 0 Å². The number of aryl methyl sites for hydroxylation is 1. The number of nitrogens with one attached hydrogen (secondary N) is 2. The van der Waals surface area contributed by atoms with Crippen LogP contribution in [0.2, 0.25) is 0 Å². The highest BCUT2D eigenvalue weighted by Crippen LogP contribution is 2.22. The van der Waals surface area contributed by atoms with Gasteiger partial charge in [0.05, 0.1) is 13.2 Å². The van der Waals surface area contributed by atoms with Gasteiger partial charge in [-0.3, -0.25) is 10.1 Å². The zero-order valence-electron chi connectivity index (χ0n) is 25.9. The number of esters is 1. The highest BCUT2D eigenvalue weighted by Gasteiger charge is 2.43. The summed E-state index contributed by atoms with van der Waals surface area (Å²) in [7, 11) is 1.19. The first kappa shape index (κ1) is 35.1. The highest BCUT2D eigenvalue weighted by atomic mass is 16.6. The Morgan fingerprint density at radius 3 is 1.98 bits per heavy atom. The van der Waals surface area contributed by atoms with Crippen LogP contribution < -0.4 is 16.4 Å². The quantitative estimate of drug-likeness (QED) is 0.191. The van der Waals surface area contributed by atoms with Crippen LogP contribution >= 0.6 is 0 Å². The van der Waals surface area contributed by atoms with E-state index in [2.05, 4.69) is 10.6 Å². The molecule has 0 saturated carbocycles. The largest absolute Gasteiger partial charge is 0.467 e. The topological polar surface area (TPSA) is 160 Å². The third-order valence-corrected chi connectivity index (χ3v) is 6.56. The first-order valence-electron chi connectivity index (χ1n) is 14.4. The van der Waals surface area contributed by atoms with Crippen molar-refractivity contribution in [2.24, 2.45) is 11.7 Å². The summed E-state index contributed by atoms with van der Waals surface area (Å²) < 4.78 is 10.6. The number of primary amides is 1. The van der Waals surface area contributed by atoms with Gasteiger partial charge in [-0.1, -0.05) is 74.5 Å². The lowest BCUT2D eigenvalue weighted by Gasteiger charge is -2.41. The number of benzene rings is 2. The average molecular weight is 599 g/mol. The summed E-state index contributed by atoms with van der Waals surface area (Å²) >= 11 is 0. The predicted molar refractivity (Wildman–Crippen MR) is 163 cm³/mol. The Morgan fingerprint density at radius 1 is 0.930 bits per heavy atom. The fourth-order valence-electron chi connectivity index (χ4n) is 4.69. The summed E-state index contributed by atoms with van der Waals surface area (Å²) in [6.45, 7) is 8.76. The molecular weight excluding hydrogens is 552 g/mol. The lowest BCUT2D eigenvalue weighted by Crippen LogP contribution is -2.66. The molecule has 0 spiro atoms. The molecule has 2 rings (SSSR count). The molecule has 2 aromatic carbocycles. The smallest absolute Gasteiger partial charge is 0.409 e. The van der Waals surface area contributed by atoms with Gasteiger partial charge < -0.3 is 30.5 Å². The molecule has 0 heterocycles. The summed E-state index contributed by atoms with van der Waals surface area (Å²) in [5.74, 6) is -1.56. The van der Waals surface area contributed by atoms with E-state index in [9.17, 15) is 24.3 Å². The number of aliphatic hydroxyl groups is 1. The van der Waals surface area contributed by atoms with Gasteiger partial charge >= 0.3 is 18.1 Å². The Labute approximate surface area is 254 Å². The van der Waals surface area contributed by atoms with E-state index in [0.717, 1.165) is 10.5 Å². The number of ether oxygens (including phenoxy) is 2. The van der Waals surface area contributed by atoms with E-state index in [1.54, 1.807) is 45.0 Å². The molecule has 11 heteroatoms. The Balaban J connectivity index is 2.67. The number of rotatable bonds is 14. The lowest BCUT2D eigenvalue weighted by atomic mass is 9.97. The van der Waals surface area contributed by atoms with E-state index < -0.39 is 54.0 Å². The summed E-state index contributed by atoms with van der Waals surface area (Å²) in [5.41, 5.74) is 6.18. The number of aliphatic hydroxyl groups excluding tert-OH is 1. The molecule has 2 aromatic rings. The van der Waals surface area contributed by atoms with Gasteiger partial charge in [0, 0.05) is 6.42 Å². The summed E-state index contributed by atoms with van der Waals surface area (Å²) in [6.07, 6.45) is -2.99. The Bertz CT molecular complexity index is 1190. The zero-order valence-corrected chi connectivity index (χ0v) is 25.9. The van der Waals surface area contributed by atoms with Crippen LogP contribution in [0.4, 0.5) is 9.59 Å². The van der Waals surface area contributed by atoms with Crippen LogP contribution in [0.3, 0.4) is 0 Å². The van der Waals surface area contributed by atoms with Crippen molar-refractivity contribution < 1.29 is 33.8 Å². The van der Waals surface area contributed by atoms with E-state index in [0.29, 0.717) is 12.0 Å². The fourth-order valence-corrected chi connectivity index (χ4v) is 4.69. The number of amides is 4. The molecule has 0 saturated heterocycles. The van der Waals surface area contributed by atoms with E-state index in [1.165, 1.54) is 7.11 Å². The maximum atomic E-state index is 14.4. The molecule has 0 fully saturated rings. The van der Waals surface area contributed by atoms with Crippen molar-refractivity contribution in [3.05, 3.63) is 71.8 Å². The van der Waals surface area contributed by atoms with E-state index in [-0.39, 0.29) is 25.2 Å². The Morgan fingerprint density at radius 2 is 1.49 bits per heavy atom. The predicted octanol–water partition coefficient (Wildman–Crippen LogP) is 3.53. The van der Waals surface area contributed by atoms with Gasteiger partial charge in [0.15, 0.2) is 0 Å². The molecule has 0 aliphatic carbocycles. The number of nitrogens with zero attached hydrogens (tertiary/aromatic N) is 1. The Hall–Kier alpha value is -4.12. The van der Waals surface area contributed by atoms with Crippen molar-refractivity contribution in [1.82, 2.24) is 15.5 Å². The minimum absolute atomic E-state index is 0.00211. The number of hydrogen-bond acceptors (Lipinski definition) is 7. The first-order chi connectivity index (χ1) is 20.2. The van der Waals surface area contributed by atoms with Gasteiger partial charge in [-0.15, -0.1) is 0 Å². The normalized spacial score (nSPS) is 14.1. The minimum Gasteiger partial charge on any atom is -0.467 e. The van der Waals surface area contributed by atoms with Crippen LogP contribution in [0.5, 0.6) is 0 Å². The van der Waals surface area contributed by atoms with Gasteiger partial charge in [0.25, 0.3) is 0 Å². The second kappa shape index (κ2) is 16.5. The third-order valence-electron chi connectivity index (χ3n) is 6.56. The van der Waals surface area contributed by atoms with Gasteiger partial charge in [0.2, 0.25) is 5.91 Å². The zero-order chi connectivity index (χ0) is 32.2. The van der Waals surface area contributed by atoms with Crippen molar-refractivity contribution in [2.75, 3.05) is 7.11 Å². The fraction of sp³-hybridized carbons (Fsp3) is 0.500. The van der Waals surface area contributed by atoms with Gasteiger partial charge in [-0.2, -0.15) is 0 Å². The molecule has 0 aliphatic heterocycles. The molecule has 0 radical (unpaired) electrons. The van der Waals surface area contributed by atoms with Crippen molar-refractivity contribution in [1.29, 1.82) is 0 Å². The summed E-state index contributed by atoms with van der Waals surface area (Å²) in [5, 5.41) is 16.7. The highest BCUT2D eigenvalue weighted by molar-refractivity contribution is 5.91. The molecule has 4 amide bonds. The van der Waals surface area contributed by atoms with Crippen molar-refractivity contribution >= 4 is 24.0 Å². The molecule has 11 nitrogen and oxygen atoms in total. The Kier molecular flexibility index (Phi) is 13.5. The molecule has 43 heavy (non-hydrogen) atoms. The summed E-state index contributed by atoms with van der Waals surface area (Å²) in [6, 6.07) is 15.0. The molecule has 5 N–H and O–H groups in total. The maximum Gasteiger partial charge on any atom is 0.409 e. The van der Waals surface area contributed by atoms with E-state index >= 15 is 0 Å². The molecule has 0 aliphatic rings. The number of carbonyl (C=O) groups excluding carboxylic acids is 4. The van der Waals surface area contributed by atoms with Crippen LogP contribution in [0.15, 0.2) is 60.7 Å². The van der Waals surface area contributed by atoms with Crippen LogP contribution in [0.1, 0.15) is 58.6 Å². The molecule has 4 atom stereocenters. The van der Waals surface area contributed by atoms with E-state index in [4.69, 9.17) is 15.2 Å². The van der Waals surface area contributed by atoms with Gasteiger partial charge in [0.1, 0.15) is 23.9 Å². The minimum atomic E-state index is -1.44. The monoisotopic (exact) mass is 598 g/mol. The number of urea groups is 1. The average Bonchev–Trinajstić information content (AvgIpc) is 2.93. The number of hydrogen-bond donors (Lipinski definition) is 4. The molecule has 1 unspecified atom stereocenters. The standard InChI is InChI=1S/C32H46N4O7/c1-21(2)19-24(34-30(33)40)28(38)36(25(29(39)42-6)20-23-15-11-8-12-16-23)27(35-31(41)43-32(3,4)5)26(37)18-17-22-13-9-7-10-14-22/h7-16,21,24-27,37H,17-20H2,1-6H3,(H,35,41)(H3,33,34,40)/t24-,25-,26-,27?/m0/s1. The maximum absolute atomic E-state index is 14.4. The SMILES string of the molecule is COC(=O)[C@H](Cc1ccccc1)N(C(=O)[C@H](CC(C)C)NC(N)=O)C(NC(=O)OC(C)(C)C)[C@@H](O)CCc1ccccc1. The van der Waals surface area contributed by atoms with Crippen LogP contribution in [-0.2, 0) is 31.9 Å². The molecule has 236 valence electrons. The first-order valence-corrected chi connectivity index (χ1v) is 14.4. The number of carbonyl (C=O) groups is 4. The summed E-state index contributed by atoms with van der Waals surface area (Å²) in [4.78, 5) is 54.0. The van der Waals surface area contributed by atoms with Crippen LogP contribution in [-0.4, -0.2) is 71.1 Å². The van der Waals surface area contributed by atoms with Crippen LogP contribution in [0, 0.1) is 5.92 Å². The molecule has 0 bridgehead atoms. The number of alkyl carbamates (subject to hydrolysis) is 1. The third kappa shape index (κ3) is 12.0. The number of nitrogens with two attached hydrogens (primary N) is 1. The van der Waals surface area contributed by atoms with Gasteiger partial charge in [-0.05, 0) is 57.1 Å². The van der Waals surface area contributed by atoms with Gasteiger partial charge in [-0.25, -0.2) is 14.4 Å².